The summed E-state index contributed by atoms with van der Waals surface area (Å²) < 4.78 is 0. The maximum absolute atomic E-state index is 12.7. The summed E-state index contributed by atoms with van der Waals surface area (Å²) in [4.78, 5) is 26.4. The van der Waals surface area contributed by atoms with E-state index in [-0.39, 0.29) is 18.0 Å². The van der Waals surface area contributed by atoms with Gasteiger partial charge >= 0.3 is 6.03 Å². The lowest BCUT2D eigenvalue weighted by atomic mass is 9.96. The van der Waals surface area contributed by atoms with Crippen molar-refractivity contribution >= 4 is 11.9 Å². The Morgan fingerprint density at radius 2 is 1.95 bits per heavy atom. The molecule has 0 spiro atoms. The minimum absolute atomic E-state index is 0.0347. The van der Waals surface area contributed by atoms with E-state index in [1.54, 1.807) is 0 Å². The van der Waals surface area contributed by atoms with Crippen LogP contribution >= 0.6 is 0 Å². The molecular formula is C17H21N3O2. The van der Waals surface area contributed by atoms with Gasteiger partial charge in [0.15, 0.2) is 0 Å². The molecule has 1 aromatic rings. The minimum atomic E-state index is -0.353. The van der Waals surface area contributed by atoms with Crippen LogP contribution in [0, 0.1) is 0 Å². The molecule has 1 unspecified atom stereocenters. The summed E-state index contributed by atoms with van der Waals surface area (Å²) in [6, 6.07) is 9.05. The highest BCUT2D eigenvalue weighted by Crippen LogP contribution is 2.32. The van der Waals surface area contributed by atoms with Gasteiger partial charge in [0.25, 0.3) is 5.91 Å². The highest BCUT2D eigenvalue weighted by molar-refractivity contribution is 6.01. The third-order valence-corrected chi connectivity index (χ3v) is 4.18. The molecule has 116 valence electrons. The van der Waals surface area contributed by atoms with Crippen molar-refractivity contribution in [2.24, 2.45) is 0 Å². The summed E-state index contributed by atoms with van der Waals surface area (Å²) in [6.45, 7) is 3.40. The van der Waals surface area contributed by atoms with Crippen molar-refractivity contribution in [3.63, 3.8) is 0 Å². The van der Waals surface area contributed by atoms with Crippen LogP contribution in [0.2, 0.25) is 0 Å². The zero-order valence-corrected chi connectivity index (χ0v) is 12.8. The average molecular weight is 299 g/mol. The summed E-state index contributed by atoms with van der Waals surface area (Å²) >= 11 is 0. The van der Waals surface area contributed by atoms with Crippen LogP contribution in [0.15, 0.2) is 41.6 Å². The molecule has 2 aliphatic heterocycles. The molecular weight excluding hydrogens is 278 g/mol. The quantitative estimate of drug-likeness (QED) is 0.820. The van der Waals surface area contributed by atoms with Gasteiger partial charge in [0.05, 0.1) is 23.9 Å². The molecule has 5 heteroatoms. The van der Waals surface area contributed by atoms with Crippen molar-refractivity contribution in [3.05, 3.63) is 47.2 Å². The number of nitrogens with one attached hydrogen (secondary N) is 2. The van der Waals surface area contributed by atoms with Crippen molar-refractivity contribution in [3.8, 4) is 0 Å². The highest BCUT2D eigenvalue weighted by atomic mass is 16.2. The van der Waals surface area contributed by atoms with Crippen LogP contribution < -0.4 is 10.6 Å². The predicted molar refractivity (Wildman–Crippen MR) is 84.0 cm³/mol. The molecule has 2 heterocycles. The number of unbranched alkanes of at least 4 members (excludes halogenated alkanes) is 2. The van der Waals surface area contributed by atoms with Crippen LogP contribution in [0.5, 0.6) is 0 Å². The topological polar surface area (TPSA) is 61.4 Å². The molecule has 0 saturated heterocycles. The maximum atomic E-state index is 12.7. The van der Waals surface area contributed by atoms with Gasteiger partial charge in [-0.3, -0.25) is 4.79 Å². The number of carbonyl (C=O) groups excluding carboxylic acids is 2. The summed E-state index contributed by atoms with van der Waals surface area (Å²) in [5, 5.41) is 5.66. The van der Waals surface area contributed by atoms with Crippen LogP contribution in [-0.2, 0) is 4.79 Å². The zero-order valence-electron chi connectivity index (χ0n) is 12.8. The number of amides is 3. The van der Waals surface area contributed by atoms with E-state index in [1.165, 1.54) is 0 Å². The third kappa shape index (κ3) is 2.71. The summed E-state index contributed by atoms with van der Waals surface area (Å²) in [6.07, 6.45) is 3.24. The molecule has 0 saturated carbocycles. The molecule has 22 heavy (non-hydrogen) atoms. The van der Waals surface area contributed by atoms with E-state index in [2.05, 4.69) is 17.6 Å². The van der Waals surface area contributed by atoms with Gasteiger partial charge in [-0.05, 0) is 12.0 Å². The summed E-state index contributed by atoms with van der Waals surface area (Å²) in [5.41, 5.74) is 2.37. The first kappa shape index (κ1) is 14.6. The lowest BCUT2D eigenvalue weighted by Crippen LogP contribution is -2.44. The maximum Gasteiger partial charge on any atom is 0.319 e. The Labute approximate surface area is 130 Å². The van der Waals surface area contributed by atoms with Crippen molar-refractivity contribution in [2.45, 2.75) is 32.2 Å². The van der Waals surface area contributed by atoms with Crippen molar-refractivity contribution in [1.29, 1.82) is 0 Å². The number of benzene rings is 1. The van der Waals surface area contributed by atoms with Gasteiger partial charge in [-0.25, -0.2) is 4.79 Å². The van der Waals surface area contributed by atoms with E-state index in [0.29, 0.717) is 12.1 Å². The van der Waals surface area contributed by atoms with Crippen LogP contribution in [0.1, 0.15) is 37.8 Å². The number of carbonyl (C=O) groups is 2. The molecule has 0 bridgehead atoms. The lowest BCUT2D eigenvalue weighted by Gasteiger charge is -2.25. The van der Waals surface area contributed by atoms with E-state index in [1.807, 2.05) is 35.2 Å². The van der Waals surface area contributed by atoms with Gasteiger partial charge in [0, 0.05) is 6.54 Å². The number of hydrogen-bond acceptors (Lipinski definition) is 2. The molecule has 0 radical (unpaired) electrons. The number of urea groups is 1. The van der Waals surface area contributed by atoms with E-state index in [9.17, 15) is 9.59 Å². The van der Waals surface area contributed by atoms with Gasteiger partial charge in [-0.1, -0.05) is 50.1 Å². The molecule has 2 aliphatic rings. The Hall–Kier alpha value is -2.30. The van der Waals surface area contributed by atoms with Crippen molar-refractivity contribution in [1.82, 2.24) is 15.5 Å². The smallest absolute Gasteiger partial charge is 0.319 e. The van der Waals surface area contributed by atoms with E-state index >= 15 is 0 Å². The Balaban J connectivity index is 1.83. The summed E-state index contributed by atoms with van der Waals surface area (Å²) in [5.74, 6) is 0.0347. The third-order valence-electron chi connectivity index (χ3n) is 4.18. The molecule has 5 nitrogen and oxygen atoms in total. The Morgan fingerprint density at radius 3 is 2.68 bits per heavy atom. The van der Waals surface area contributed by atoms with Crippen LogP contribution in [-0.4, -0.2) is 29.9 Å². The molecule has 0 aromatic heterocycles. The molecule has 0 fully saturated rings. The molecule has 2 N–H and O–H groups in total. The van der Waals surface area contributed by atoms with Gasteiger partial charge in [-0.15, -0.1) is 0 Å². The summed E-state index contributed by atoms with van der Waals surface area (Å²) in [7, 11) is 0. The average Bonchev–Trinajstić information content (AvgIpc) is 2.84. The number of nitrogens with zero attached hydrogens (tertiary/aromatic N) is 1. The fourth-order valence-corrected chi connectivity index (χ4v) is 3.06. The van der Waals surface area contributed by atoms with Gasteiger partial charge in [-0.2, -0.15) is 0 Å². The van der Waals surface area contributed by atoms with Crippen molar-refractivity contribution < 1.29 is 9.59 Å². The van der Waals surface area contributed by atoms with E-state index < -0.39 is 0 Å². The number of hydrogen-bond donors (Lipinski definition) is 2. The molecule has 3 rings (SSSR count). The van der Waals surface area contributed by atoms with E-state index in [0.717, 1.165) is 37.1 Å². The standard InChI is InChI=1S/C17H21N3O2/c1-2-3-7-10-20-11-13-14(16(20)21)15(19-17(22)18-13)12-8-5-4-6-9-12/h4-6,8-9,15H,2-3,7,10-11H2,1H3,(H2,18,19,22). The molecule has 3 amide bonds. The minimum Gasteiger partial charge on any atom is -0.333 e. The van der Waals surface area contributed by atoms with Crippen LogP contribution in [0.25, 0.3) is 0 Å². The van der Waals surface area contributed by atoms with Crippen molar-refractivity contribution in [2.75, 3.05) is 13.1 Å². The second kappa shape index (κ2) is 6.22. The van der Waals surface area contributed by atoms with Gasteiger partial charge in [0.2, 0.25) is 0 Å². The first-order valence-electron chi connectivity index (χ1n) is 7.85. The fraction of sp³-hybridized carbons (Fsp3) is 0.412. The second-order valence-electron chi connectivity index (χ2n) is 5.77. The Morgan fingerprint density at radius 1 is 1.18 bits per heavy atom. The van der Waals surface area contributed by atoms with Crippen LogP contribution in [0.3, 0.4) is 0 Å². The van der Waals surface area contributed by atoms with Crippen LogP contribution in [0.4, 0.5) is 4.79 Å². The zero-order chi connectivity index (χ0) is 15.5. The Bertz CT molecular complexity index is 610. The monoisotopic (exact) mass is 299 g/mol. The normalized spacial score (nSPS) is 20.8. The first-order chi connectivity index (χ1) is 10.7. The Kier molecular flexibility index (Phi) is 4.13. The molecule has 1 aromatic carbocycles. The largest absolute Gasteiger partial charge is 0.333 e. The van der Waals surface area contributed by atoms with Gasteiger partial charge in [0.1, 0.15) is 0 Å². The van der Waals surface area contributed by atoms with Gasteiger partial charge < -0.3 is 15.5 Å². The second-order valence-corrected chi connectivity index (χ2v) is 5.77. The fourth-order valence-electron chi connectivity index (χ4n) is 3.06. The lowest BCUT2D eigenvalue weighted by molar-refractivity contribution is -0.125. The van der Waals surface area contributed by atoms with E-state index in [4.69, 9.17) is 0 Å². The highest BCUT2D eigenvalue weighted by Gasteiger charge is 2.39. The SMILES string of the molecule is CCCCCN1CC2=C(C1=O)C(c1ccccc1)NC(=O)N2. The predicted octanol–water partition coefficient (Wildman–Crippen LogP) is 2.33. The number of rotatable bonds is 5. The molecule has 1 atom stereocenters. The first-order valence-corrected chi connectivity index (χ1v) is 7.85. The molecule has 0 aliphatic carbocycles.